The zero-order valence-electron chi connectivity index (χ0n) is 45.0. The molecule has 0 unspecified atom stereocenters. The van der Waals surface area contributed by atoms with Gasteiger partial charge in [-0.2, -0.15) is 0 Å². The van der Waals surface area contributed by atoms with Crippen molar-refractivity contribution < 1.29 is 0 Å². The van der Waals surface area contributed by atoms with Crippen LogP contribution in [-0.2, 0) is 37.9 Å². The van der Waals surface area contributed by atoms with E-state index in [-0.39, 0.29) is 44.6 Å². The molecular weight excluding hydrogens is 844 g/mol. The summed E-state index contributed by atoms with van der Waals surface area (Å²) in [7, 11) is 0. The van der Waals surface area contributed by atoms with Crippen LogP contribution in [0, 0.1) is 6.92 Å². The van der Waals surface area contributed by atoms with Gasteiger partial charge in [0.05, 0.1) is 5.69 Å². The fourth-order valence-electron chi connectivity index (χ4n) is 15.2. The number of nitrogens with zero attached hydrogens (tertiary/aromatic N) is 2. The van der Waals surface area contributed by atoms with Crippen LogP contribution in [0.15, 0.2) is 127 Å². The van der Waals surface area contributed by atoms with Crippen LogP contribution < -0.4 is 26.2 Å². The molecule has 0 atom stereocenters. The van der Waals surface area contributed by atoms with Crippen molar-refractivity contribution in [1.29, 1.82) is 0 Å². The van der Waals surface area contributed by atoms with Crippen LogP contribution in [-0.4, -0.2) is 6.71 Å². The van der Waals surface area contributed by atoms with Crippen LogP contribution in [0.3, 0.4) is 0 Å². The minimum atomic E-state index is -0.216. The van der Waals surface area contributed by atoms with Gasteiger partial charge in [0.1, 0.15) is 0 Å². The van der Waals surface area contributed by atoms with Crippen molar-refractivity contribution in [3.63, 3.8) is 0 Å². The molecule has 12 rings (SSSR count). The van der Waals surface area contributed by atoms with Gasteiger partial charge in [-0.25, -0.2) is 0 Å². The van der Waals surface area contributed by atoms with Gasteiger partial charge in [-0.05, 0) is 173 Å². The van der Waals surface area contributed by atoms with Crippen LogP contribution in [0.1, 0.15) is 172 Å². The molecule has 3 heteroatoms. The van der Waals surface area contributed by atoms with Gasteiger partial charge in [-0.1, -0.05) is 183 Å². The summed E-state index contributed by atoms with van der Waals surface area (Å²) in [5.74, 6) is 0. The van der Waals surface area contributed by atoms with E-state index in [0.717, 1.165) is 12.8 Å². The van der Waals surface area contributed by atoms with Gasteiger partial charge in [-0.3, -0.25) is 0 Å². The van der Waals surface area contributed by atoms with Crippen LogP contribution in [0.5, 0.6) is 0 Å². The second kappa shape index (κ2) is 14.2. The summed E-state index contributed by atoms with van der Waals surface area (Å²) in [6.07, 6.45) is 2.26. The van der Waals surface area contributed by atoms with E-state index in [1.165, 1.54) is 117 Å². The first-order valence-corrected chi connectivity index (χ1v) is 26.3. The number of hydrogen-bond donors (Lipinski definition) is 0. The molecule has 70 heavy (non-hydrogen) atoms. The van der Waals surface area contributed by atoms with Gasteiger partial charge in [-0.15, -0.1) is 0 Å². The van der Waals surface area contributed by atoms with Gasteiger partial charge < -0.3 is 9.80 Å². The maximum absolute atomic E-state index is 2.70. The van der Waals surface area contributed by atoms with Gasteiger partial charge in [0.15, 0.2) is 0 Å². The molecule has 0 amide bonds. The molecule has 0 aromatic heterocycles. The second-order valence-electron chi connectivity index (χ2n) is 27.0. The van der Waals surface area contributed by atoms with Crippen molar-refractivity contribution in [1.82, 2.24) is 0 Å². The highest BCUT2D eigenvalue weighted by atomic mass is 15.2. The van der Waals surface area contributed by atoms with E-state index in [1.54, 1.807) is 0 Å². The Morgan fingerprint density at radius 3 is 1.50 bits per heavy atom. The third-order valence-electron chi connectivity index (χ3n) is 18.2. The maximum Gasteiger partial charge on any atom is 0.252 e. The van der Waals surface area contributed by atoms with E-state index < -0.39 is 0 Å². The molecule has 2 aliphatic heterocycles. The lowest BCUT2D eigenvalue weighted by Gasteiger charge is -2.48. The molecule has 0 N–H and O–H groups in total. The van der Waals surface area contributed by atoms with Crippen molar-refractivity contribution in [3.05, 3.63) is 183 Å². The van der Waals surface area contributed by atoms with Gasteiger partial charge >= 0.3 is 0 Å². The third-order valence-corrected chi connectivity index (χ3v) is 18.2. The molecule has 0 radical (unpaired) electrons. The summed E-state index contributed by atoms with van der Waals surface area (Å²) in [5.41, 5.74) is 28.5. The topological polar surface area (TPSA) is 6.48 Å². The Labute approximate surface area is 420 Å². The molecule has 2 nitrogen and oxygen atoms in total. The molecule has 5 aliphatic rings. The molecule has 0 saturated heterocycles. The molecule has 7 aromatic carbocycles. The minimum absolute atomic E-state index is 0.00752. The highest BCUT2D eigenvalue weighted by Crippen LogP contribution is 2.57. The van der Waals surface area contributed by atoms with Crippen molar-refractivity contribution in [2.75, 3.05) is 9.80 Å². The molecule has 2 heterocycles. The normalized spacial score (nSPS) is 19.6. The zero-order valence-corrected chi connectivity index (χ0v) is 45.0. The number of rotatable bonds is 3. The summed E-state index contributed by atoms with van der Waals surface area (Å²) in [6, 6.07) is 51.0. The molecule has 354 valence electrons. The second-order valence-corrected chi connectivity index (χ2v) is 27.0. The van der Waals surface area contributed by atoms with E-state index >= 15 is 0 Å². The van der Waals surface area contributed by atoms with Crippen molar-refractivity contribution in [2.24, 2.45) is 0 Å². The molecule has 0 spiro atoms. The average Bonchev–Trinajstić information content (AvgIpc) is 3.60. The zero-order chi connectivity index (χ0) is 49.6. The number of aryl methyl sites for hydroxylation is 1. The molecule has 7 aromatic rings. The third kappa shape index (κ3) is 6.24. The smallest absolute Gasteiger partial charge is 0.252 e. The number of hydrogen-bond acceptors (Lipinski definition) is 2. The fourth-order valence-corrected chi connectivity index (χ4v) is 15.2. The largest absolute Gasteiger partial charge is 0.311 e. The first kappa shape index (κ1) is 45.4. The lowest BCUT2D eigenvalue weighted by Crippen LogP contribution is -2.62. The van der Waals surface area contributed by atoms with Crippen LogP contribution in [0.4, 0.5) is 34.1 Å². The summed E-state index contributed by atoms with van der Waals surface area (Å²) in [6.45, 7) is 39.0. The minimum Gasteiger partial charge on any atom is -0.311 e. The fraction of sp³-hybridized carbons (Fsp3) is 0.373. The Bertz CT molecular complexity index is 3390. The lowest BCUT2D eigenvalue weighted by molar-refractivity contribution is 0.403. The van der Waals surface area contributed by atoms with Crippen LogP contribution in [0.25, 0.3) is 11.1 Å². The van der Waals surface area contributed by atoms with Gasteiger partial charge in [0.2, 0.25) is 0 Å². The SMILES string of the molecule is Cc1cc2c3c(c1)N(c1ccc(C(C)(C)C)cc1-c1ccccc1)c1cc4c(cc1B3c1cc3c(cc1N2c1ccc2c(c1)C(C)(C)CC2(C)C)C(C)(C)CC3(C)C)C(C)(C)c1ccccc1C4(C)C. The Balaban J connectivity index is 1.23. The Morgan fingerprint density at radius 2 is 0.900 bits per heavy atom. The van der Waals surface area contributed by atoms with E-state index in [1.807, 2.05) is 0 Å². The van der Waals surface area contributed by atoms with Crippen molar-refractivity contribution in [2.45, 2.75) is 162 Å². The quantitative estimate of drug-likeness (QED) is 0.163. The van der Waals surface area contributed by atoms with Crippen LogP contribution >= 0.6 is 0 Å². The Hall–Kier alpha value is -5.80. The van der Waals surface area contributed by atoms with E-state index in [2.05, 4.69) is 248 Å². The number of fused-ring (bicyclic) bond motifs is 8. The molecule has 0 saturated carbocycles. The Morgan fingerprint density at radius 1 is 0.414 bits per heavy atom. The van der Waals surface area contributed by atoms with Crippen LogP contribution in [0.2, 0.25) is 0 Å². The highest BCUT2D eigenvalue weighted by molar-refractivity contribution is 7.00. The summed E-state index contributed by atoms with van der Waals surface area (Å²) in [5, 5.41) is 0. The predicted molar refractivity (Wildman–Crippen MR) is 301 cm³/mol. The molecule has 0 fully saturated rings. The van der Waals surface area contributed by atoms with E-state index in [4.69, 9.17) is 0 Å². The maximum atomic E-state index is 2.70. The first-order valence-electron chi connectivity index (χ1n) is 26.3. The van der Waals surface area contributed by atoms with E-state index in [9.17, 15) is 0 Å². The Kier molecular flexibility index (Phi) is 9.20. The van der Waals surface area contributed by atoms with Gasteiger partial charge in [0.25, 0.3) is 6.71 Å². The van der Waals surface area contributed by atoms with Crippen molar-refractivity contribution in [3.8, 4) is 11.1 Å². The highest BCUT2D eigenvalue weighted by Gasteiger charge is 2.51. The number of benzene rings is 7. The summed E-state index contributed by atoms with van der Waals surface area (Å²) >= 11 is 0. The van der Waals surface area contributed by atoms with E-state index in [0.29, 0.717) is 0 Å². The molecule has 3 aliphatic carbocycles. The summed E-state index contributed by atoms with van der Waals surface area (Å²) in [4.78, 5) is 5.40. The first-order chi connectivity index (χ1) is 32.7. The molecular formula is C67H73BN2. The summed E-state index contributed by atoms with van der Waals surface area (Å²) < 4.78 is 0. The average molecular weight is 917 g/mol. The predicted octanol–water partition coefficient (Wildman–Crippen LogP) is 15.9. The lowest BCUT2D eigenvalue weighted by atomic mass is 9.32. The molecule has 0 bridgehead atoms. The van der Waals surface area contributed by atoms with Gasteiger partial charge in [0, 0.05) is 44.8 Å². The monoisotopic (exact) mass is 917 g/mol. The van der Waals surface area contributed by atoms with Crippen molar-refractivity contribution >= 4 is 57.2 Å². The standard InChI is InChI=1S/C67H73BN2/c1-40-30-58-60-59(31-40)70(55-29-26-42(61(2,3)4)32-44(55)41-22-18-17-19-23-41)57-37-52-51(66(13,14)46-24-20-21-25-47(46)67(52,15)16)35-54(57)68(60)53-34-49-50(65(11,12)39-64(49,9)10)36-56(53)69(58)43-27-28-45-48(33-43)63(7,8)38-62(45,5)6/h17-37H,38-39H2,1-16H3. The number of anilines is 6.